The molecule has 4 N–H and O–H groups in total. The third-order valence-corrected chi connectivity index (χ3v) is 7.83. The second-order valence-electron chi connectivity index (χ2n) is 11.2. The quantitative estimate of drug-likeness (QED) is 0.312. The van der Waals surface area contributed by atoms with Crippen LogP contribution in [0, 0.1) is 16.7 Å². The summed E-state index contributed by atoms with van der Waals surface area (Å²) in [5.41, 5.74) is -1.02. The van der Waals surface area contributed by atoms with E-state index < -0.39 is 35.2 Å². The number of anilines is 2. The number of carbonyl (C=O) groups excluding carboxylic acids is 3. The molecule has 15 heteroatoms. The van der Waals surface area contributed by atoms with Gasteiger partial charge in [-0.25, -0.2) is 0 Å². The summed E-state index contributed by atoms with van der Waals surface area (Å²) in [5, 5.41) is 19.8. The molecule has 1 fully saturated rings. The first kappa shape index (κ1) is 34.3. The van der Waals surface area contributed by atoms with Gasteiger partial charge < -0.3 is 26.2 Å². The molecule has 2 aromatic rings. The highest BCUT2D eigenvalue weighted by Crippen LogP contribution is 2.24. The number of hydrogen-bond donors (Lipinski definition) is 4. The van der Waals surface area contributed by atoms with Gasteiger partial charge in [0.1, 0.15) is 21.8 Å². The lowest BCUT2D eigenvalue weighted by Gasteiger charge is -2.20. The number of carbonyl (C=O) groups is 3. The third kappa shape index (κ3) is 9.17. The van der Waals surface area contributed by atoms with Crippen molar-refractivity contribution < 1.29 is 27.6 Å². The number of thiazole rings is 1. The van der Waals surface area contributed by atoms with Crippen LogP contribution >= 0.6 is 11.3 Å². The van der Waals surface area contributed by atoms with Crippen LogP contribution in [0.3, 0.4) is 0 Å². The Morgan fingerprint density at radius 1 is 1.11 bits per heavy atom. The van der Waals surface area contributed by atoms with E-state index >= 15 is 0 Å². The molecule has 0 radical (unpaired) electrons. The van der Waals surface area contributed by atoms with E-state index in [1.807, 2.05) is 0 Å². The van der Waals surface area contributed by atoms with Crippen LogP contribution in [-0.2, 0) is 16.1 Å². The number of likely N-dealkylation sites (tertiary alicyclic amines) is 1. The van der Waals surface area contributed by atoms with Gasteiger partial charge in [0.05, 0.1) is 11.3 Å². The number of amides is 3. The maximum absolute atomic E-state index is 13.1. The molecular formula is C29H36F3N7O4S. The molecule has 2 heterocycles. The summed E-state index contributed by atoms with van der Waals surface area (Å²) < 4.78 is 38.8. The van der Waals surface area contributed by atoms with Crippen molar-refractivity contribution in [1.82, 2.24) is 20.1 Å². The molecule has 0 unspecified atom stereocenters. The normalized spacial score (nSPS) is 15.0. The Labute approximate surface area is 256 Å². The fourth-order valence-corrected chi connectivity index (χ4v) is 5.37. The van der Waals surface area contributed by atoms with E-state index in [1.165, 1.54) is 12.3 Å². The number of rotatable bonds is 10. The number of aromatic nitrogens is 1. The first-order valence-electron chi connectivity index (χ1n) is 14.1. The Kier molecular flexibility index (Phi) is 11.3. The Bertz CT molecular complexity index is 1610. The van der Waals surface area contributed by atoms with Gasteiger partial charge in [0.2, 0.25) is 5.91 Å². The van der Waals surface area contributed by atoms with E-state index in [2.05, 4.69) is 20.9 Å². The van der Waals surface area contributed by atoms with Crippen molar-refractivity contribution in [3.8, 4) is 6.07 Å². The van der Waals surface area contributed by atoms with Crippen molar-refractivity contribution in [2.24, 2.45) is 5.41 Å². The number of halogens is 3. The zero-order chi connectivity index (χ0) is 32.7. The first-order valence-corrected chi connectivity index (χ1v) is 14.9. The molecule has 238 valence electrons. The smallest absolute Gasteiger partial charge is 0.360 e. The second-order valence-corrected chi connectivity index (χ2v) is 12.2. The largest absolute Gasteiger partial charge is 0.405 e. The summed E-state index contributed by atoms with van der Waals surface area (Å²) in [6.45, 7) is 8.38. The van der Waals surface area contributed by atoms with Gasteiger partial charge in [-0.1, -0.05) is 20.8 Å². The number of benzene rings is 1. The van der Waals surface area contributed by atoms with Crippen LogP contribution in [0.4, 0.5) is 24.5 Å². The van der Waals surface area contributed by atoms with Crippen LogP contribution in [0.25, 0.3) is 11.8 Å². The molecule has 11 nitrogen and oxygen atoms in total. The molecule has 1 saturated heterocycles. The topological polar surface area (TPSA) is 148 Å². The first-order chi connectivity index (χ1) is 20.6. The average molecular weight is 636 g/mol. The van der Waals surface area contributed by atoms with Crippen LogP contribution in [-0.4, -0.2) is 66.1 Å². The van der Waals surface area contributed by atoms with Gasteiger partial charge in [-0.2, -0.15) is 18.4 Å². The Balaban J connectivity index is 1.93. The molecule has 0 atom stereocenters. The van der Waals surface area contributed by atoms with Crippen molar-refractivity contribution in [3.05, 3.63) is 43.3 Å². The highest BCUT2D eigenvalue weighted by Gasteiger charge is 2.29. The summed E-state index contributed by atoms with van der Waals surface area (Å²) in [4.78, 5) is 53.5. The average Bonchev–Trinajstić information content (AvgIpc) is 3.57. The summed E-state index contributed by atoms with van der Waals surface area (Å²) >= 11 is 0.763. The lowest BCUT2D eigenvalue weighted by Crippen LogP contribution is -2.37. The predicted molar refractivity (Wildman–Crippen MR) is 162 cm³/mol. The van der Waals surface area contributed by atoms with Crippen LogP contribution in [0.1, 0.15) is 50.9 Å². The highest BCUT2D eigenvalue weighted by atomic mass is 32.1. The third-order valence-electron chi connectivity index (χ3n) is 6.70. The van der Waals surface area contributed by atoms with Gasteiger partial charge in [-0.3, -0.25) is 23.7 Å². The number of nitriles is 1. The minimum Gasteiger partial charge on any atom is -0.360 e. The number of nitrogens with one attached hydrogen (secondary N) is 4. The van der Waals surface area contributed by atoms with Crippen LogP contribution in [0.2, 0.25) is 0 Å². The molecule has 1 aliphatic heterocycles. The van der Waals surface area contributed by atoms with Gasteiger partial charge in [0.25, 0.3) is 17.4 Å². The molecule has 1 aliphatic rings. The zero-order valence-corrected chi connectivity index (χ0v) is 25.8. The van der Waals surface area contributed by atoms with Gasteiger partial charge in [-0.05, 0) is 51.1 Å². The maximum Gasteiger partial charge on any atom is 0.405 e. The lowest BCUT2D eigenvalue weighted by molar-refractivity contribution is -0.135. The molecule has 1 aromatic carbocycles. The van der Waals surface area contributed by atoms with Gasteiger partial charge in [0.15, 0.2) is 5.57 Å². The molecule has 3 amide bonds. The standard InChI is InChI=1S/C29H36F3N7O4S/c1-5-39-25(42)22(44-26(39)20(15-33)24(41)36-17-29(30,31)32)16-35-18-8-9-19(21(14-18)37-27(43)28(2,3)4)23(40)34-10-13-38-11-6-7-12-38/h8-9,14,16,35H,5-7,10-13,17H2,1-4H3,(H,34,40)(H,36,41)(H,37,43). The minimum atomic E-state index is -4.67. The van der Waals surface area contributed by atoms with Crippen molar-refractivity contribution >= 4 is 52.2 Å². The summed E-state index contributed by atoms with van der Waals surface area (Å²) in [6.07, 6.45) is -1.08. The molecule has 0 bridgehead atoms. The molecular weight excluding hydrogens is 599 g/mol. The molecule has 0 spiro atoms. The zero-order valence-electron chi connectivity index (χ0n) is 25.0. The van der Waals surface area contributed by atoms with Gasteiger partial charge in [0, 0.05) is 36.9 Å². The Hall–Kier alpha value is -4.16. The molecule has 44 heavy (non-hydrogen) atoms. The molecule has 0 aliphatic carbocycles. The van der Waals surface area contributed by atoms with Crippen molar-refractivity contribution in [2.75, 3.05) is 43.4 Å². The van der Waals surface area contributed by atoms with E-state index in [0.29, 0.717) is 12.2 Å². The number of alkyl halides is 3. The van der Waals surface area contributed by atoms with Gasteiger partial charge >= 0.3 is 6.18 Å². The molecule has 1 aromatic heterocycles. The Morgan fingerprint density at radius 3 is 2.39 bits per heavy atom. The van der Waals surface area contributed by atoms with Crippen molar-refractivity contribution in [3.63, 3.8) is 0 Å². The van der Waals surface area contributed by atoms with E-state index in [9.17, 15) is 37.6 Å². The fourth-order valence-electron chi connectivity index (χ4n) is 4.28. The second kappa shape index (κ2) is 14.5. The van der Waals surface area contributed by atoms with E-state index in [1.54, 1.807) is 51.2 Å². The number of hydrogen-bond acceptors (Lipinski definition) is 8. The fraction of sp³-hybridized carbons (Fsp3) is 0.483. The molecule has 0 saturated carbocycles. The minimum absolute atomic E-state index is 0.0563. The van der Waals surface area contributed by atoms with Crippen LogP contribution < -0.4 is 36.0 Å². The SMILES string of the molecule is CCn1c(=C(C#N)C(=O)NCC(F)(F)F)sc(=CNc2ccc(C(=O)NCCN3CCCC3)c(NC(=O)C(C)(C)C)c2)c1=O. The maximum atomic E-state index is 13.1. The Morgan fingerprint density at radius 2 is 1.80 bits per heavy atom. The summed E-state index contributed by atoms with van der Waals surface area (Å²) in [5.74, 6) is -1.93. The predicted octanol–water partition coefficient (Wildman–Crippen LogP) is 1.94. The van der Waals surface area contributed by atoms with Crippen molar-refractivity contribution in [2.45, 2.75) is 53.3 Å². The van der Waals surface area contributed by atoms with E-state index in [-0.39, 0.29) is 38.8 Å². The van der Waals surface area contributed by atoms with Crippen molar-refractivity contribution in [1.29, 1.82) is 5.26 Å². The number of nitrogens with zero attached hydrogens (tertiary/aromatic N) is 3. The lowest BCUT2D eigenvalue weighted by atomic mass is 9.95. The van der Waals surface area contributed by atoms with E-state index in [0.717, 1.165) is 48.4 Å². The summed E-state index contributed by atoms with van der Waals surface area (Å²) in [6, 6.07) is 6.27. The molecule has 3 rings (SSSR count). The highest BCUT2D eigenvalue weighted by molar-refractivity contribution is 7.07. The van der Waals surface area contributed by atoms with Crippen LogP contribution in [0.15, 0.2) is 23.0 Å². The van der Waals surface area contributed by atoms with Crippen LogP contribution in [0.5, 0.6) is 0 Å². The monoisotopic (exact) mass is 635 g/mol. The van der Waals surface area contributed by atoms with E-state index in [4.69, 9.17) is 0 Å². The summed E-state index contributed by atoms with van der Waals surface area (Å²) in [7, 11) is 0. The van der Waals surface area contributed by atoms with Gasteiger partial charge in [-0.15, -0.1) is 11.3 Å².